The van der Waals surface area contributed by atoms with Crippen LogP contribution in [0.2, 0.25) is 0 Å². The van der Waals surface area contributed by atoms with Crippen molar-refractivity contribution in [2.24, 2.45) is 0 Å². The Kier molecular flexibility index (Phi) is 4.20. The molecular formula is O4OsRu. The summed E-state index contributed by atoms with van der Waals surface area (Å²) in [4.78, 5) is 0. The Bertz CT molecular complexity index is 159. The summed E-state index contributed by atoms with van der Waals surface area (Å²) in [6, 6.07) is 0. The van der Waals surface area contributed by atoms with Crippen molar-refractivity contribution in [2.45, 2.75) is 0 Å². The minimum absolute atomic E-state index is 0. The van der Waals surface area contributed by atoms with E-state index < -0.39 is 14.8 Å². The van der Waals surface area contributed by atoms with Gasteiger partial charge >= 0.3 is 29.0 Å². The predicted molar refractivity (Wildman–Crippen MR) is 2.75 cm³/mol. The second-order valence-electron chi connectivity index (χ2n) is 0.354. The molecule has 0 rings (SSSR count). The van der Waals surface area contributed by atoms with Crippen LogP contribution >= 0.6 is 0 Å². The molecule has 0 radical (unpaired) electrons. The first-order valence-electron chi connectivity index (χ1n) is 0.577. The molecule has 40 valence electrons. The Morgan fingerprint density at radius 1 is 0.833 bits per heavy atom. The van der Waals surface area contributed by atoms with E-state index in [9.17, 15) is 0 Å². The molecule has 0 bridgehead atoms. The fourth-order valence-electron chi connectivity index (χ4n) is 0. The molecule has 0 aliphatic heterocycles. The molecule has 0 spiro atoms. The normalized spacial score (nSPS) is 9.33. The van der Waals surface area contributed by atoms with E-state index in [4.69, 9.17) is 14.2 Å². The topological polar surface area (TPSA) is 68.3 Å². The molecule has 4 nitrogen and oxygen atoms in total. The minimum Gasteiger partial charge on any atom is 0 e. The molecule has 0 aliphatic rings. The van der Waals surface area contributed by atoms with E-state index in [1.807, 2.05) is 0 Å². The van der Waals surface area contributed by atoms with Crippen LogP contribution in [0.4, 0.5) is 0 Å². The van der Waals surface area contributed by atoms with Gasteiger partial charge in [0.2, 0.25) is 0 Å². The van der Waals surface area contributed by atoms with Crippen LogP contribution in [0.1, 0.15) is 0 Å². The number of hydrogen-bond acceptors (Lipinski definition) is 4. The van der Waals surface area contributed by atoms with Crippen molar-refractivity contribution < 1.29 is 48.5 Å². The van der Waals surface area contributed by atoms with Gasteiger partial charge in [-0.2, -0.15) is 0 Å². The van der Waals surface area contributed by atoms with Crippen molar-refractivity contribution in [1.29, 1.82) is 0 Å². The number of hydrogen-bond donors (Lipinski definition) is 0. The summed E-state index contributed by atoms with van der Waals surface area (Å²) >= 11 is -6.06. The summed E-state index contributed by atoms with van der Waals surface area (Å²) < 4.78 is 34.5. The van der Waals surface area contributed by atoms with Gasteiger partial charge in [-0.1, -0.05) is 0 Å². The molecular weight excluding hydrogens is 355 g/mol. The van der Waals surface area contributed by atoms with Crippen molar-refractivity contribution in [3.8, 4) is 0 Å². The Balaban J connectivity index is 0. The molecule has 0 aliphatic carbocycles. The third kappa shape index (κ3) is 253. The van der Waals surface area contributed by atoms with Crippen LogP contribution in [0.25, 0.3) is 0 Å². The van der Waals surface area contributed by atoms with Crippen LogP contribution in [-0.4, -0.2) is 0 Å². The van der Waals surface area contributed by atoms with Gasteiger partial charge < -0.3 is 0 Å². The molecule has 0 aromatic heterocycles. The first kappa shape index (κ1) is 9.68. The summed E-state index contributed by atoms with van der Waals surface area (Å²) in [5.41, 5.74) is 0. The molecule has 0 aromatic carbocycles. The number of rotatable bonds is 0. The first-order chi connectivity index (χ1) is 2.00. The Morgan fingerprint density at radius 2 is 0.833 bits per heavy atom. The monoisotopic (exact) mass is 358 g/mol. The van der Waals surface area contributed by atoms with Gasteiger partial charge in [-0.25, -0.2) is 0 Å². The molecule has 0 N–H and O–H groups in total. The predicted octanol–water partition coefficient (Wildman–Crippen LogP) is -0.480. The molecule has 0 saturated heterocycles. The standard InChI is InChI=1S/4O.Os.Ru. The van der Waals surface area contributed by atoms with E-state index in [-0.39, 0.29) is 19.5 Å². The molecule has 0 unspecified atom stereocenters. The third-order valence-corrected chi connectivity index (χ3v) is 0. The van der Waals surface area contributed by atoms with Gasteiger partial charge in [0.15, 0.2) is 0 Å². The quantitative estimate of drug-likeness (QED) is 0.551. The van der Waals surface area contributed by atoms with Gasteiger partial charge in [0.05, 0.1) is 0 Å². The smallest absolute Gasteiger partial charge is 0 e. The summed E-state index contributed by atoms with van der Waals surface area (Å²) in [7, 11) is 0. The van der Waals surface area contributed by atoms with E-state index in [0.717, 1.165) is 0 Å². The van der Waals surface area contributed by atoms with E-state index in [0.29, 0.717) is 0 Å². The molecule has 6 heteroatoms. The zero-order valence-electron chi connectivity index (χ0n) is 2.34. The van der Waals surface area contributed by atoms with Crippen molar-refractivity contribution in [3.63, 3.8) is 0 Å². The largest absolute Gasteiger partial charge is 0 e. The van der Waals surface area contributed by atoms with Crippen molar-refractivity contribution in [2.75, 3.05) is 0 Å². The van der Waals surface area contributed by atoms with Gasteiger partial charge in [-0.05, 0) is 0 Å². The second-order valence-corrected chi connectivity index (χ2v) is 2.89. The van der Waals surface area contributed by atoms with Gasteiger partial charge in [0.25, 0.3) is 0 Å². The maximum atomic E-state index is 8.63. The fourth-order valence-corrected chi connectivity index (χ4v) is 0. The maximum Gasteiger partial charge on any atom is 0 e. The van der Waals surface area contributed by atoms with E-state index >= 15 is 0 Å². The SMILES string of the molecule is [O]=[Os](=[O])(=[O])=[O].[Ru]. The Morgan fingerprint density at radius 3 is 0.833 bits per heavy atom. The van der Waals surface area contributed by atoms with Crippen molar-refractivity contribution in [1.82, 2.24) is 0 Å². The van der Waals surface area contributed by atoms with Crippen molar-refractivity contribution >= 4 is 0 Å². The van der Waals surface area contributed by atoms with Crippen LogP contribution in [0, 0.1) is 0 Å². The molecule has 6 heavy (non-hydrogen) atoms. The molecule has 0 fully saturated rings. The maximum absolute atomic E-state index is 8.63. The summed E-state index contributed by atoms with van der Waals surface area (Å²) in [6.07, 6.45) is 0. The van der Waals surface area contributed by atoms with Gasteiger partial charge in [-0.15, -0.1) is 0 Å². The van der Waals surface area contributed by atoms with Crippen LogP contribution < -0.4 is 0 Å². The summed E-state index contributed by atoms with van der Waals surface area (Å²) in [6.45, 7) is 0. The zero-order chi connectivity index (χ0) is 4.50. The minimum atomic E-state index is -6.06. The first-order valence-corrected chi connectivity index (χ1v) is 4.73. The molecule has 0 aromatic rings. The van der Waals surface area contributed by atoms with Gasteiger partial charge in [0.1, 0.15) is 0 Å². The third-order valence-electron chi connectivity index (χ3n) is 0. The Hall–Kier alpha value is 0.460. The molecule has 0 saturated carbocycles. The Labute approximate surface area is 48.7 Å². The summed E-state index contributed by atoms with van der Waals surface area (Å²) in [5, 5.41) is 0. The molecule has 0 heterocycles. The molecule has 0 amide bonds. The molecule has 0 atom stereocenters. The van der Waals surface area contributed by atoms with Crippen LogP contribution in [0.5, 0.6) is 0 Å². The second kappa shape index (κ2) is 2.60. The van der Waals surface area contributed by atoms with Gasteiger partial charge in [-0.3, -0.25) is 0 Å². The summed E-state index contributed by atoms with van der Waals surface area (Å²) in [5.74, 6) is 0. The van der Waals surface area contributed by atoms with E-state index in [1.54, 1.807) is 0 Å². The fraction of sp³-hybridized carbons (Fsp3) is 0. The van der Waals surface area contributed by atoms with Crippen LogP contribution in [0.15, 0.2) is 0 Å². The van der Waals surface area contributed by atoms with Crippen LogP contribution in [-0.2, 0) is 48.5 Å². The van der Waals surface area contributed by atoms with Gasteiger partial charge in [0, 0.05) is 19.5 Å². The average Bonchev–Trinajstić information content (AvgIpc) is 0.722. The average molecular weight is 355 g/mol. The van der Waals surface area contributed by atoms with E-state index in [1.165, 1.54) is 0 Å². The van der Waals surface area contributed by atoms with E-state index in [2.05, 4.69) is 0 Å². The van der Waals surface area contributed by atoms with Crippen LogP contribution in [0.3, 0.4) is 0 Å². The zero-order valence-corrected chi connectivity index (χ0v) is 6.62. The van der Waals surface area contributed by atoms with Crippen molar-refractivity contribution in [3.05, 3.63) is 0 Å².